The van der Waals surface area contributed by atoms with E-state index in [1.165, 1.54) is 18.2 Å². The Bertz CT molecular complexity index is 717. The van der Waals surface area contributed by atoms with Gasteiger partial charge in [0.15, 0.2) is 0 Å². The van der Waals surface area contributed by atoms with Gasteiger partial charge < -0.3 is 10.6 Å². The zero-order valence-electron chi connectivity index (χ0n) is 11.3. The van der Waals surface area contributed by atoms with E-state index < -0.39 is 5.82 Å². The lowest BCUT2D eigenvalue weighted by Crippen LogP contribution is -2.36. The minimum Gasteiger partial charge on any atom is -0.398 e. The molecule has 1 amide bonds. The number of hydrogen-bond donors (Lipinski definition) is 1. The maximum absolute atomic E-state index is 13.5. The van der Waals surface area contributed by atoms with Crippen LogP contribution in [-0.2, 0) is 6.42 Å². The van der Waals surface area contributed by atoms with Gasteiger partial charge in [-0.15, -0.1) is 0 Å². The summed E-state index contributed by atoms with van der Waals surface area (Å²) in [5.41, 5.74) is 8.57. The third kappa shape index (κ3) is 2.36. The van der Waals surface area contributed by atoms with Crippen molar-refractivity contribution in [3.8, 4) is 0 Å². The van der Waals surface area contributed by atoms with Crippen LogP contribution < -0.4 is 10.6 Å². The van der Waals surface area contributed by atoms with Gasteiger partial charge in [0.25, 0.3) is 5.91 Å². The molecule has 0 bridgehead atoms. The molecule has 0 spiro atoms. The first-order chi connectivity index (χ1) is 10.1. The van der Waals surface area contributed by atoms with Gasteiger partial charge in [-0.25, -0.2) is 4.39 Å². The minimum atomic E-state index is -0.590. The second-order valence-electron chi connectivity index (χ2n) is 5.01. The fraction of sp³-hybridized carbons (Fsp3) is 0.188. The summed E-state index contributed by atoms with van der Waals surface area (Å²) in [5, 5.41) is -0.140. The Balaban J connectivity index is 2.05. The quantitative estimate of drug-likeness (QED) is 0.817. The molecular formula is C16H14ClFN2O. The Hall–Kier alpha value is -2.07. The monoisotopic (exact) mass is 304 g/mol. The maximum atomic E-state index is 13.5. The fourth-order valence-corrected chi connectivity index (χ4v) is 2.88. The predicted molar refractivity (Wildman–Crippen MR) is 82.3 cm³/mol. The van der Waals surface area contributed by atoms with E-state index in [1.807, 2.05) is 18.2 Å². The molecule has 0 aromatic heterocycles. The highest BCUT2D eigenvalue weighted by molar-refractivity contribution is 6.34. The molecule has 1 aliphatic heterocycles. The van der Waals surface area contributed by atoms with Crippen molar-refractivity contribution in [2.75, 3.05) is 17.2 Å². The number of rotatable bonds is 1. The average Bonchev–Trinajstić information content (AvgIpc) is 2.49. The van der Waals surface area contributed by atoms with E-state index in [9.17, 15) is 9.18 Å². The second kappa shape index (κ2) is 5.37. The first-order valence-electron chi connectivity index (χ1n) is 6.73. The Kier molecular flexibility index (Phi) is 3.55. The molecule has 0 aliphatic carbocycles. The van der Waals surface area contributed by atoms with Crippen molar-refractivity contribution in [1.82, 2.24) is 0 Å². The lowest BCUT2D eigenvalue weighted by Gasteiger charge is -2.30. The van der Waals surface area contributed by atoms with Crippen LogP contribution in [0.4, 0.5) is 15.8 Å². The lowest BCUT2D eigenvalue weighted by atomic mass is 9.99. The number of nitrogens with two attached hydrogens (primary N) is 1. The largest absolute Gasteiger partial charge is 0.398 e. The molecule has 0 atom stereocenters. The van der Waals surface area contributed by atoms with E-state index in [0.29, 0.717) is 12.2 Å². The van der Waals surface area contributed by atoms with Crippen molar-refractivity contribution >= 4 is 28.9 Å². The number of halogens is 2. The van der Waals surface area contributed by atoms with Gasteiger partial charge in [0.05, 0.1) is 10.6 Å². The zero-order chi connectivity index (χ0) is 15.0. The van der Waals surface area contributed by atoms with E-state index in [1.54, 1.807) is 4.90 Å². The summed E-state index contributed by atoms with van der Waals surface area (Å²) in [7, 11) is 0. The van der Waals surface area contributed by atoms with E-state index >= 15 is 0 Å². The first-order valence-corrected chi connectivity index (χ1v) is 7.10. The van der Waals surface area contributed by atoms with Crippen molar-refractivity contribution in [2.24, 2.45) is 0 Å². The summed E-state index contributed by atoms with van der Waals surface area (Å²) in [6, 6.07) is 9.75. The molecule has 5 heteroatoms. The summed E-state index contributed by atoms with van der Waals surface area (Å²) in [6.07, 6.45) is 1.66. The molecule has 0 radical (unpaired) electrons. The summed E-state index contributed by atoms with van der Waals surface area (Å²) >= 11 is 5.92. The molecule has 0 fully saturated rings. The third-order valence-electron chi connectivity index (χ3n) is 3.71. The highest BCUT2D eigenvalue weighted by Crippen LogP contribution is 2.33. The number of fused-ring (bicyclic) bond motifs is 1. The number of amides is 1. The van der Waals surface area contributed by atoms with Crippen LogP contribution in [0, 0.1) is 5.82 Å². The van der Waals surface area contributed by atoms with E-state index in [0.717, 1.165) is 24.1 Å². The van der Waals surface area contributed by atoms with E-state index in [2.05, 4.69) is 0 Å². The van der Waals surface area contributed by atoms with Crippen LogP contribution in [0.1, 0.15) is 22.3 Å². The topological polar surface area (TPSA) is 46.3 Å². The highest BCUT2D eigenvalue weighted by Gasteiger charge is 2.26. The maximum Gasteiger partial charge on any atom is 0.259 e. The Morgan fingerprint density at radius 2 is 2.00 bits per heavy atom. The number of hydrogen-bond acceptors (Lipinski definition) is 2. The van der Waals surface area contributed by atoms with Crippen LogP contribution in [0.3, 0.4) is 0 Å². The smallest absolute Gasteiger partial charge is 0.259 e. The molecule has 1 heterocycles. The van der Waals surface area contributed by atoms with Crippen molar-refractivity contribution in [2.45, 2.75) is 12.8 Å². The molecular weight excluding hydrogens is 291 g/mol. The summed E-state index contributed by atoms with van der Waals surface area (Å²) in [6.45, 7) is 0.572. The molecule has 3 nitrogen and oxygen atoms in total. The van der Waals surface area contributed by atoms with E-state index in [-0.39, 0.29) is 16.5 Å². The predicted octanol–water partition coefficient (Wildman–Crippen LogP) is 3.65. The highest BCUT2D eigenvalue weighted by atomic mass is 35.5. The van der Waals surface area contributed by atoms with Gasteiger partial charge in [-0.1, -0.05) is 23.7 Å². The number of nitrogens with zero attached hydrogens (tertiary/aromatic N) is 1. The van der Waals surface area contributed by atoms with Crippen LogP contribution in [0.15, 0.2) is 36.4 Å². The van der Waals surface area contributed by atoms with Gasteiger partial charge in [0, 0.05) is 17.9 Å². The number of nitrogen functional groups attached to an aromatic ring is 1. The third-order valence-corrected chi connectivity index (χ3v) is 4.10. The summed E-state index contributed by atoms with van der Waals surface area (Å²) < 4.78 is 13.5. The molecule has 0 saturated heterocycles. The molecule has 1 aliphatic rings. The molecule has 2 aromatic carbocycles. The average molecular weight is 305 g/mol. The molecule has 108 valence electrons. The van der Waals surface area contributed by atoms with Gasteiger partial charge in [0.2, 0.25) is 0 Å². The van der Waals surface area contributed by atoms with Gasteiger partial charge in [0.1, 0.15) is 5.82 Å². The van der Waals surface area contributed by atoms with Crippen LogP contribution >= 0.6 is 11.6 Å². The standard InChI is InChI=1S/C16H14ClFN2O/c17-15-11(4-1-6-12(15)18)16(21)20-9-3-5-10-13(19)7-2-8-14(10)20/h1-2,4,6-8H,3,5,9,19H2. The normalized spacial score (nSPS) is 13.9. The first kappa shape index (κ1) is 13.9. The van der Waals surface area contributed by atoms with Crippen LogP contribution in [0.25, 0.3) is 0 Å². The fourth-order valence-electron chi connectivity index (χ4n) is 2.68. The van der Waals surface area contributed by atoms with Crippen LogP contribution in [0.5, 0.6) is 0 Å². The van der Waals surface area contributed by atoms with Gasteiger partial charge >= 0.3 is 0 Å². The van der Waals surface area contributed by atoms with Gasteiger partial charge in [-0.2, -0.15) is 0 Å². The molecule has 0 unspecified atom stereocenters. The van der Waals surface area contributed by atoms with E-state index in [4.69, 9.17) is 17.3 Å². The van der Waals surface area contributed by atoms with Crippen LogP contribution in [0.2, 0.25) is 5.02 Å². The molecule has 21 heavy (non-hydrogen) atoms. The number of anilines is 2. The van der Waals surface area contributed by atoms with Crippen molar-refractivity contribution in [3.63, 3.8) is 0 Å². The Morgan fingerprint density at radius 3 is 2.81 bits per heavy atom. The molecule has 3 rings (SSSR count). The SMILES string of the molecule is Nc1cccc2c1CCCN2C(=O)c1cccc(F)c1Cl. The summed E-state index contributed by atoms with van der Waals surface area (Å²) in [5.74, 6) is -0.890. The van der Waals surface area contributed by atoms with Crippen molar-refractivity contribution < 1.29 is 9.18 Å². The number of benzene rings is 2. The zero-order valence-corrected chi connectivity index (χ0v) is 12.0. The number of carbonyl (C=O) groups is 1. The lowest BCUT2D eigenvalue weighted by molar-refractivity contribution is 0.0985. The van der Waals surface area contributed by atoms with Crippen molar-refractivity contribution in [1.29, 1.82) is 0 Å². The second-order valence-corrected chi connectivity index (χ2v) is 5.38. The minimum absolute atomic E-state index is 0.140. The molecule has 2 N–H and O–H groups in total. The molecule has 2 aromatic rings. The Morgan fingerprint density at radius 1 is 1.24 bits per heavy atom. The van der Waals surface area contributed by atoms with Gasteiger partial charge in [-0.05, 0) is 42.7 Å². The van der Waals surface area contributed by atoms with Crippen LogP contribution in [-0.4, -0.2) is 12.5 Å². The van der Waals surface area contributed by atoms with Crippen molar-refractivity contribution in [3.05, 3.63) is 58.4 Å². The summed E-state index contributed by atoms with van der Waals surface area (Å²) in [4.78, 5) is 14.3. The Labute approximate surface area is 127 Å². The molecule has 0 saturated carbocycles. The number of carbonyl (C=O) groups excluding carboxylic acids is 1. The van der Waals surface area contributed by atoms with Gasteiger partial charge in [-0.3, -0.25) is 4.79 Å².